The Morgan fingerprint density at radius 3 is 3.07 bits per heavy atom. The fourth-order valence-electron chi connectivity index (χ4n) is 1.68. The third-order valence-electron chi connectivity index (χ3n) is 2.56. The van der Waals surface area contributed by atoms with Crippen LogP contribution >= 0.6 is 0 Å². The molecular weight excluding hydrogens is 197 g/mol. The van der Waals surface area contributed by atoms with E-state index in [1.165, 1.54) is 12.3 Å². The first-order valence-corrected chi connectivity index (χ1v) is 5.00. The quantitative estimate of drug-likeness (QED) is 0.563. The van der Waals surface area contributed by atoms with Crippen LogP contribution in [0.4, 0.5) is 4.39 Å². The van der Waals surface area contributed by atoms with E-state index in [-0.39, 0.29) is 17.8 Å². The molecule has 0 aliphatic heterocycles. The Hall–Kier alpha value is -1.45. The first-order valence-electron chi connectivity index (χ1n) is 5.00. The van der Waals surface area contributed by atoms with Crippen molar-refractivity contribution in [3.05, 3.63) is 29.8 Å². The van der Waals surface area contributed by atoms with Gasteiger partial charge in [-0.05, 0) is 30.9 Å². The molecule has 0 amide bonds. The van der Waals surface area contributed by atoms with Crippen molar-refractivity contribution in [2.24, 2.45) is 5.92 Å². The van der Waals surface area contributed by atoms with E-state index in [9.17, 15) is 9.18 Å². The number of esters is 1. The molecule has 4 heteroatoms. The molecule has 1 aromatic rings. The van der Waals surface area contributed by atoms with Crippen molar-refractivity contribution in [3.63, 3.8) is 0 Å². The van der Waals surface area contributed by atoms with Crippen molar-refractivity contribution in [3.8, 4) is 0 Å². The average Bonchev–Trinajstić information content (AvgIpc) is 2.99. The lowest BCUT2D eigenvalue weighted by atomic mass is 10.1. The SMILES string of the molecule is CCOC(=O)C1CC1c1ccc(F)nc1. The van der Waals surface area contributed by atoms with E-state index < -0.39 is 5.95 Å². The zero-order valence-corrected chi connectivity index (χ0v) is 8.44. The molecule has 1 saturated carbocycles. The van der Waals surface area contributed by atoms with Gasteiger partial charge in [0.25, 0.3) is 0 Å². The summed E-state index contributed by atoms with van der Waals surface area (Å²) in [5.41, 5.74) is 0.912. The molecule has 0 radical (unpaired) electrons. The van der Waals surface area contributed by atoms with Gasteiger partial charge < -0.3 is 4.74 Å². The van der Waals surface area contributed by atoms with Gasteiger partial charge in [-0.1, -0.05) is 6.07 Å². The van der Waals surface area contributed by atoms with Crippen LogP contribution in [0.15, 0.2) is 18.3 Å². The standard InChI is InChI=1S/C11H12FNO2/c1-2-15-11(14)9-5-8(9)7-3-4-10(12)13-6-7/h3-4,6,8-9H,2,5H2,1H3. The van der Waals surface area contributed by atoms with E-state index in [4.69, 9.17) is 4.74 Å². The molecule has 0 N–H and O–H groups in total. The van der Waals surface area contributed by atoms with Gasteiger partial charge in [-0.3, -0.25) is 4.79 Å². The van der Waals surface area contributed by atoms with Crippen molar-refractivity contribution < 1.29 is 13.9 Å². The van der Waals surface area contributed by atoms with Gasteiger partial charge >= 0.3 is 5.97 Å². The van der Waals surface area contributed by atoms with E-state index in [2.05, 4.69) is 4.98 Å². The lowest BCUT2D eigenvalue weighted by Crippen LogP contribution is -2.07. The summed E-state index contributed by atoms with van der Waals surface area (Å²) >= 11 is 0. The molecular formula is C11H12FNO2. The maximum absolute atomic E-state index is 12.5. The van der Waals surface area contributed by atoms with Crippen LogP contribution in [0.5, 0.6) is 0 Å². The van der Waals surface area contributed by atoms with Gasteiger partial charge in [0, 0.05) is 6.20 Å². The van der Waals surface area contributed by atoms with Crippen LogP contribution in [0.2, 0.25) is 0 Å². The summed E-state index contributed by atoms with van der Waals surface area (Å²) in [7, 11) is 0. The summed E-state index contributed by atoms with van der Waals surface area (Å²) < 4.78 is 17.5. The summed E-state index contributed by atoms with van der Waals surface area (Å²) in [6.07, 6.45) is 2.27. The molecule has 0 spiro atoms. The second-order valence-electron chi connectivity index (χ2n) is 3.61. The number of hydrogen-bond donors (Lipinski definition) is 0. The lowest BCUT2D eigenvalue weighted by molar-refractivity contribution is -0.144. The Morgan fingerprint density at radius 2 is 2.47 bits per heavy atom. The lowest BCUT2D eigenvalue weighted by Gasteiger charge is -2.00. The zero-order valence-electron chi connectivity index (χ0n) is 8.44. The Morgan fingerprint density at radius 1 is 1.67 bits per heavy atom. The van der Waals surface area contributed by atoms with Crippen LogP contribution in [0.25, 0.3) is 0 Å². The number of rotatable bonds is 3. The van der Waals surface area contributed by atoms with Gasteiger partial charge in [-0.2, -0.15) is 4.39 Å². The van der Waals surface area contributed by atoms with Gasteiger partial charge in [0.15, 0.2) is 0 Å². The number of halogens is 1. The summed E-state index contributed by atoms with van der Waals surface area (Å²) in [6.45, 7) is 2.19. The molecule has 1 heterocycles. The van der Waals surface area contributed by atoms with Gasteiger partial charge in [0.05, 0.1) is 12.5 Å². The van der Waals surface area contributed by atoms with Crippen LogP contribution in [-0.4, -0.2) is 17.6 Å². The predicted molar refractivity (Wildman–Crippen MR) is 51.7 cm³/mol. The number of aromatic nitrogens is 1. The van der Waals surface area contributed by atoms with E-state index >= 15 is 0 Å². The van der Waals surface area contributed by atoms with Gasteiger partial charge in [0.2, 0.25) is 5.95 Å². The Labute approximate surface area is 87.3 Å². The summed E-state index contributed by atoms with van der Waals surface area (Å²) in [6, 6.07) is 2.99. The number of hydrogen-bond acceptors (Lipinski definition) is 3. The number of carbonyl (C=O) groups is 1. The van der Waals surface area contributed by atoms with Crippen LogP contribution < -0.4 is 0 Å². The normalized spacial score (nSPS) is 23.6. The number of ether oxygens (including phenoxy) is 1. The van der Waals surface area contributed by atoms with Crippen molar-refractivity contribution in [1.29, 1.82) is 0 Å². The van der Waals surface area contributed by atoms with E-state index in [1.54, 1.807) is 13.0 Å². The molecule has 2 unspecified atom stereocenters. The second kappa shape index (κ2) is 3.96. The number of pyridine rings is 1. The molecule has 0 saturated heterocycles. The molecule has 0 aromatic carbocycles. The molecule has 2 atom stereocenters. The summed E-state index contributed by atoms with van der Waals surface area (Å²) in [4.78, 5) is 14.9. The fraction of sp³-hybridized carbons (Fsp3) is 0.455. The van der Waals surface area contributed by atoms with E-state index in [0.717, 1.165) is 12.0 Å². The summed E-state index contributed by atoms with van der Waals surface area (Å²) in [5, 5.41) is 0. The Bertz CT molecular complexity index is 363. The Balaban J connectivity index is 1.98. The van der Waals surface area contributed by atoms with Crippen LogP contribution in [0.1, 0.15) is 24.8 Å². The van der Waals surface area contributed by atoms with Crippen LogP contribution in [0, 0.1) is 11.9 Å². The molecule has 1 aliphatic rings. The highest BCUT2D eigenvalue weighted by Gasteiger charge is 2.45. The predicted octanol–water partition coefficient (Wildman–Crippen LogP) is 1.89. The van der Waals surface area contributed by atoms with Crippen molar-refractivity contribution >= 4 is 5.97 Å². The smallest absolute Gasteiger partial charge is 0.309 e. The molecule has 0 bridgehead atoms. The monoisotopic (exact) mass is 209 g/mol. The molecule has 1 fully saturated rings. The second-order valence-corrected chi connectivity index (χ2v) is 3.61. The molecule has 3 nitrogen and oxygen atoms in total. The largest absolute Gasteiger partial charge is 0.466 e. The first kappa shape index (κ1) is 10.1. The highest BCUT2D eigenvalue weighted by molar-refractivity contribution is 5.77. The van der Waals surface area contributed by atoms with Gasteiger partial charge in [-0.15, -0.1) is 0 Å². The topological polar surface area (TPSA) is 39.2 Å². The third-order valence-corrected chi connectivity index (χ3v) is 2.56. The van der Waals surface area contributed by atoms with Crippen LogP contribution in [0.3, 0.4) is 0 Å². The number of nitrogens with zero attached hydrogens (tertiary/aromatic N) is 1. The summed E-state index contributed by atoms with van der Waals surface area (Å²) in [5.74, 6) is -0.548. The molecule has 1 aliphatic carbocycles. The van der Waals surface area contributed by atoms with Crippen LogP contribution in [-0.2, 0) is 9.53 Å². The first-order chi connectivity index (χ1) is 7.22. The fourth-order valence-corrected chi connectivity index (χ4v) is 1.68. The number of carbonyl (C=O) groups excluding carboxylic acids is 1. The van der Waals surface area contributed by atoms with E-state index in [0.29, 0.717) is 6.61 Å². The van der Waals surface area contributed by atoms with Crippen molar-refractivity contribution in [1.82, 2.24) is 4.98 Å². The van der Waals surface area contributed by atoms with Crippen molar-refractivity contribution in [2.75, 3.05) is 6.61 Å². The maximum Gasteiger partial charge on any atom is 0.309 e. The molecule has 2 rings (SSSR count). The minimum Gasteiger partial charge on any atom is -0.466 e. The molecule has 1 aromatic heterocycles. The molecule has 80 valence electrons. The minimum atomic E-state index is -0.493. The maximum atomic E-state index is 12.5. The van der Waals surface area contributed by atoms with Crippen molar-refractivity contribution in [2.45, 2.75) is 19.3 Å². The highest BCUT2D eigenvalue weighted by Crippen LogP contribution is 2.47. The minimum absolute atomic E-state index is 0.0581. The Kier molecular flexibility index (Phi) is 2.66. The highest BCUT2D eigenvalue weighted by atomic mass is 19.1. The molecule has 15 heavy (non-hydrogen) atoms. The average molecular weight is 209 g/mol. The van der Waals surface area contributed by atoms with Gasteiger partial charge in [-0.25, -0.2) is 4.98 Å². The zero-order chi connectivity index (χ0) is 10.8. The third kappa shape index (κ3) is 2.14. The van der Waals surface area contributed by atoms with E-state index in [1.807, 2.05) is 0 Å². The van der Waals surface area contributed by atoms with Gasteiger partial charge in [0.1, 0.15) is 0 Å².